The summed E-state index contributed by atoms with van der Waals surface area (Å²) in [6.45, 7) is 25.2. The number of fused-ring (bicyclic) bond motifs is 5. The zero-order valence-electron chi connectivity index (χ0n) is 35.5. The Morgan fingerprint density at radius 2 is 1.53 bits per heavy atom. The monoisotopic (exact) mass is 943 g/mol. The molecule has 58 heavy (non-hydrogen) atoms. The van der Waals surface area contributed by atoms with Crippen LogP contribution in [-0.4, -0.2) is 27.6 Å². The smallest absolute Gasteiger partial charge is 0.518 e. The van der Waals surface area contributed by atoms with Gasteiger partial charge < -0.3 is 14.2 Å². The zero-order valence-corrected chi connectivity index (χ0v) is 37.8. The molecular formula is C52H52N4OPt. The predicted octanol–water partition coefficient (Wildman–Crippen LogP) is 13.0. The molecule has 0 saturated heterocycles. The molecule has 296 valence electrons. The topological polar surface area (TPSA) is 42.7 Å². The van der Waals surface area contributed by atoms with E-state index in [9.17, 15) is 0 Å². The van der Waals surface area contributed by atoms with Crippen LogP contribution in [0.4, 0.5) is 17.1 Å². The van der Waals surface area contributed by atoms with Gasteiger partial charge in [-0.1, -0.05) is 125 Å². The minimum absolute atomic E-state index is 0. The fourth-order valence-electron chi connectivity index (χ4n) is 8.85. The third-order valence-electron chi connectivity index (χ3n) is 12.7. The van der Waals surface area contributed by atoms with Crippen molar-refractivity contribution in [2.24, 2.45) is 10.9 Å². The van der Waals surface area contributed by atoms with Gasteiger partial charge in [-0.05, 0) is 108 Å². The SMILES string of the molecule is Cc1ccc2c(c1)c1cc3c([c-]c1n2-c1cc(C(C)(C)C)ccn1)N(c1[c-]c(C2=N[C@](C)(C(C)C)CO2)cc(-c2c(C)cccc2C)c1)c1ccccc1C3(C)C.[Pt+2]. The summed E-state index contributed by atoms with van der Waals surface area (Å²) in [6.07, 6.45) is 1.94. The number of aromatic nitrogens is 2. The Labute approximate surface area is 358 Å². The van der Waals surface area contributed by atoms with Gasteiger partial charge in [0.05, 0.1) is 5.54 Å². The largest absolute Gasteiger partial charge is 2.00 e. The molecule has 9 rings (SSSR count). The first-order valence-electron chi connectivity index (χ1n) is 20.3. The number of pyridine rings is 1. The van der Waals surface area contributed by atoms with E-state index in [4.69, 9.17) is 14.7 Å². The number of nitrogens with zero attached hydrogens (tertiary/aromatic N) is 4. The van der Waals surface area contributed by atoms with Crippen LogP contribution in [0.3, 0.4) is 0 Å². The van der Waals surface area contributed by atoms with E-state index in [-0.39, 0.29) is 37.4 Å². The number of rotatable bonds is 5. The molecule has 7 aromatic rings. The number of para-hydroxylation sites is 1. The van der Waals surface area contributed by atoms with Crippen molar-refractivity contribution >= 4 is 44.8 Å². The van der Waals surface area contributed by atoms with E-state index in [1.807, 2.05) is 6.20 Å². The molecule has 0 fully saturated rings. The minimum Gasteiger partial charge on any atom is -0.518 e. The van der Waals surface area contributed by atoms with Crippen molar-refractivity contribution in [3.63, 3.8) is 0 Å². The molecule has 4 heterocycles. The van der Waals surface area contributed by atoms with E-state index < -0.39 is 0 Å². The molecule has 5 aromatic carbocycles. The molecule has 0 saturated carbocycles. The van der Waals surface area contributed by atoms with Crippen molar-refractivity contribution in [2.45, 2.75) is 92.5 Å². The number of aliphatic imine (C=N–C) groups is 1. The standard InChI is InChI=1S/C52H52N4O.Pt/c1-31(2)52(11)30-57-49(54-52)36-24-35(48-33(4)15-14-16-34(48)5)25-38(26-36)55-44-18-13-12-17-41(44)51(9,10)42-28-40-39-23-32(3)19-20-43(39)56(45(40)29-46(42)55)47-27-37(21-22-53-47)50(6,7)8;/h12-25,27-28,31H,30H2,1-11H3;/q-2;+2/t52-;/m0./s1. The average Bonchev–Trinajstić information content (AvgIpc) is 3.72. The van der Waals surface area contributed by atoms with Gasteiger partial charge in [0.1, 0.15) is 18.3 Å². The average molecular weight is 944 g/mol. The van der Waals surface area contributed by atoms with E-state index in [0.717, 1.165) is 45.0 Å². The van der Waals surface area contributed by atoms with Crippen LogP contribution in [0.5, 0.6) is 0 Å². The molecule has 0 unspecified atom stereocenters. The third-order valence-corrected chi connectivity index (χ3v) is 12.7. The summed E-state index contributed by atoms with van der Waals surface area (Å²) in [5.41, 5.74) is 15.0. The number of benzene rings is 5. The van der Waals surface area contributed by atoms with E-state index >= 15 is 0 Å². The van der Waals surface area contributed by atoms with Gasteiger partial charge in [0.2, 0.25) is 0 Å². The van der Waals surface area contributed by atoms with Gasteiger partial charge >= 0.3 is 21.1 Å². The van der Waals surface area contributed by atoms with Gasteiger partial charge in [0.25, 0.3) is 0 Å². The molecule has 2 aromatic heterocycles. The van der Waals surface area contributed by atoms with Crippen molar-refractivity contribution in [2.75, 3.05) is 11.5 Å². The van der Waals surface area contributed by atoms with Crippen LogP contribution in [0.1, 0.15) is 94.3 Å². The summed E-state index contributed by atoms with van der Waals surface area (Å²) in [5.74, 6) is 1.86. The maximum atomic E-state index is 6.46. The first-order chi connectivity index (χ1) is 27.0. The summed E-state index contributed by atoms with van der Waals surface area (Å²) in [6, 6.07) is 41.4. The van der Waals surface area contributed by atoms with Crippen LogP contribution in [0.15, 0.2) is 102 Å². The van der Waals surface area contributed by atoms with Crippen molar-refractivity contribution in [1.29, 1.82) is 0 Å². The second-order valence-electron chi connectivity index (χ2n) is 18.4. The normalized spacial score (nSPS) is 17.2. The number of anilines is 3. The number of aryl methyl sites for hydroxylation is 3. The van der Waals surface area contributed by atoms with Gasteiger partial charge in [0.15, 0.2) is 0 Å². The zero-order chi connectivity index (χ0) is 40.2. The van der Waals surface area contributed by atoms with Gasteiger partial charge in [-0.3, -0.25) is 4.99 Å². The molecule has 1 atom stereocenters. The second kappa shape index (κ2) is 14.1. The maximum absolute atomic E-state index is 6.46. The van der Waals surface area contributed by atoms with Crippen LogP contribution >= 0.6 is 0 Å². The van der Waals surface area contributed by atoms with Crippen LogP contribution in [0.25, 0.3) is 38.8 Å². The molecule has 0 aliphatic carbocycles. The first-order valence-corrected chi connectivity index (χ1v) is 20.3. The van der Waals surface area contributed by atoms with Crippen molar-refractivity contribution < 1.29 is 25.8 Å². The minimum atomic E-state index is -0.319. The Balaban J connectivity index is 0.00000469. The predicted molar refractivity (Wildman–Crippen MR) is 237 cm³/mol. The molecule has 2 aliphatic rings. The van der Waals surface area contributed by atoms with Gasteiger partial charge in [0, 0.05) is 17.4 Å². The summed E-state index contributed by atoms with van der Waals surface area (Å²) in [4.78, 5) is 12.6. The third kappa shape index (κ3) is 6.33. The Hall–Kier alpha value is -4.99. The molecule has 0 bridgehead atoms. The van der Waals surface area contributed by atoms with Crippen LogP contribution in [-0.2, 0) is 36.6 Å². The Morgan fingerprint density at radius 3 is 2.24 bits per heavy atom. The molecule has 0 spiro atoms. The molecule has 0 N–H and O–H groups in total. The molecule has 0 radical (unpaired) electrons. The van der Waals surface area contributed by atoms with Crippen LogP contribution < -0.4 is 4.90 Å². The molecule has 2 aliphatic heterocycles. The summed E-state index contributed by atoms with van der Waals surface area (Å²) in [5, 5.41) is 2.36. The number of hydrogen-bond acceptors (Lipinski definition) is 4. The molecule has 0 amide bonds. The summed E-state index contributed by atoms with van der Waals surface area (Å²) < 4.78 is 8.77. The van der Waals surface area contributed by atoms with E-state index in [2.05, 4.69) is 189 Å². The maximum Gasteiger partial charge on any atom is 2.00 e. The summed E-state index contributed by atoms with van der Waals surface area (Å²) >= 11 is 0. The Morgan fingerprint density at radius 1 is 0.793 bits per heavy atom. The summed E-state index contributed by atoms with van der Waals surface area (Å²) in [7, 11) is 0. The van der Waals surface area contributed by atoms with Crippen molar-refractivity contribution in [3.05, 3.63) is 148 Å². The van der Waals surface area contributed by atoms with Crippen LogP contribution in [0, 0.1) is 38.8 Å². The molecular weight excluding hydrogens is 892 g/mol. The van der Waals surface area contributed by atoms with Gasteiger partial charge in [-0.15, -0.1) is 35.2 Å². The van der Waals surface area contributed by atoms with E-state index in [0.29, 0.717) is 18.4 Å². The molecule has 5 nitrogen and oxygen atoms in total. The fourth-order valence-corrected chi connectivity index (χ4v) is 8.85. The second-order valence-corrected chi connectivity index (χ2v) is 18.4. The van der Waals surface area contributed by atoms with Gasteiger partial charge in [-0.2, -0.15) is 6.07 Å². The molecule has 6 heteroatoms. The van der Waals surface area contributed by atoms with Crippen LogP contribution in [0.2, 0.25) is 0 Å². The van der Waals surface area contributed by atoms with Gasteiger partial charge in [-0.25, -0.2) is 4.98 Å². The van der Waals surface area contributed by atoms with Crippen molar-refractivity contribution in [1.82, 2.24) is 9.55 Å². The first kappa shape index (κ1) is 39.8. The van der Waals surface area contributed by atoms with E-state index in [1.165, 1.54) is 49.7 Å². The Bertz CT molecular complexity index is 2780. The number of hydrogen-bond donors (Lipinski definition) is 0. The Kier molecular flexibility index (Phi) is 9.67. The van der Waals surface area contributed by atoms with Crippen molar-refractivity contribution in [3.8, 4) is 16.9 Å². The fraction of sp³-hybridized carbons (Fsp3) is 0.308. The number of ether oxygens (including phenoxy) is 1. The van der Waals surface area contributed by atoms with E-state index in [1.54, 1.807) is 0 Å². The quantitative estimate of drug-likeness (QED) is 0.162.